The van der Waals surface area contributed by atoms with Crippen molar-refractivity contribution in [2.45, 2.75) is 13.8 Å². The fraction of sp³-hybridized carbons (Fsp3) is 0.429. The van der Waals surface area contributed by atoms with Gasteiger partial charge in [-0.2, -0.15) is 0 Å². The van der Waals surface area contributed by atoms with Crippen molar-refractivity contribution in [3.63, 3.8) is 0 Å². The summed E-state index contributed by atoms with van der Waals surface area (Å²) in [7, 11) is 0. The van der Waals surface area contributed by atoms with E-state index in [9.17, 15) is 9.59 Å². The van der Waals surface area contributed by atoms with E-state index < -0.39 is 0 Å². The Labute approximate surface area is 123 Å². The topological polar surface area (TPSA) is 52.7 Å². The molecule has 0 aliphatic carbocycles. The molecule has 3 amide bonds. The lowest BCUT2D eigenvalue weighted by Crippen LogP contribution is -2.51. The van der Waals surface area contributed by atoms with Gasteiger partial charge in [-0.3, -0.25) is 4.79 Å². The SMILES string of the molecule is CC(=O)N1CCN(C(=O)Nc2cc(Cl)ccc2C)CC1. The molecule has 0 bridgehead atoms. The van der Waals surface area contributed by atoms with Gasteiger partial charge in [0, 0.05) is 43.8 Å². The molecule has 1 aliphatic heterocycles. The molecule has 6 heteroatoms. The Kier molecular flexibility index (Phi) is 4.49. The average molecular weight is 296 g/mol. The van der Waals surface area contributed by atoms with E-state index in [0.717, 1.165) is 11.3 Å². The highest BCUT2D eigenvalue weighted by atomic mass is 35.5. The van der Waals surface area contributed by atoms with Crippen LogP contribution < -0.4 is 5.32 Å². The summed E-state index contributed by atoms with van der Waals surface area (Å²) >= 11 is 5.93. The van der Waals surface area contributed by atoms with Gasteiger partial charge in [-0.1, -0.05) is 17.7 Å². The molecule has 5 nitrogen and oxygen atoms in total. The largest absolute Gasteiger partial charge is 0.339 e. The first-order valence-corrected chi connectivity index (χ1v) is 6.93. The third-order valence-electron chi connectivity index (χ3n) is 3.45. The molecule has 1 aliphatic rings. The Balaban J connectivity index is 1.96. The minimum absolute atomic E-state index is 0.0516. The number of carbonyl (C=O) groups excluding carboxylic acids is 2. The van der Waals surface area contributed by atoms with E-state index in [-0.39, 0.29) is 11.9 Å². The van der Waals surface area contributed by atoms with Crippen LogP contribution in [-0.2, 0) is 4.79 Å². The van der Waals surface area contributed by atoms with Gasteiger partial charge in [0.2, 0.25) is 5.91 Å². The minimum Gasteiger partial charge on any atom is -0.339 e. The summed E-state index contributed by atoms with van der Waals surface area (Å²) in [6.07, 6.45) is 0. The van der Waals surface area contributed by atoms with E-state index in [4.69, 9.17) is 11.6 Å². The molecule has 1 fully saturated rings. The van der Waals surface area contributed by atoms with Crippen molar-refractivity contribution >= 4 is 29.2 Å². The second-order valence-corrected chi connectivity index (χ2v) is 5.32. The number of benzene rings is 1. The van der Waals surface area contributed by atoms with Crippen LogP contribution in [0.2, 0.25) is 5.02 Å². The zero-order valence-corrected chi connectivity index (χ0v) is 12.4. The average Bonchev–Trinajstić information content (AvgIpc) is 2.43. The standard InChI is InChI=1S/C14H18ClN3O2/c1-10-3-4-12(15)9-13(10)16-14(20)18-7-5-17(6-8-18)11(2)19/h3-4,9H,5-8H2,1-2H3,(H,16,20). The maximum atomic E-state index is 12.2. The number of carbonyl (C=O) groups is 2. The molecule has 1 aromatic carbocycles. The van der Waals surface area contributed by atoms with Gasteiger partial charge < -0.3 is 15.1 Å². The van der Waals surface area contributed by atoms with E-state index in [2.05, 4.69) is 5.32 Å². The van der Waals surface area contributed by atoms with Crippen molar-refractivity contribution in [1.29, 1.82) is 0 Å². The Morgan fingerprint density at radius 3 is 2.35 bits per heavy atom. The van der Waals surface area contributed by atoms with Gasteiger partial charge in [0.05, 0.1) is 0 Å². The zero-order chi connectivity index (χ0) is 14.7. The van der Waals surface area contributed by atoms with Gasteiger partial charge in [0.25, 0.3) is 0 Å². The lowest BCUT2D eigenvalue weighted by atomic mass is 10.2. The normalized spacial score (nSPS) is 15.2. The zero-order valence-electron chi connectivity index (χ0n) is 11.6. The van der Waals surface area contributed by atoms with Crippen molar-refractivity contribution in [3.05, 3.63) is 28.8 Å². The highest BCUT2D eigenvalue weighted by Crippen LogP contribution is 2.20. The lowest BCUT2D eigenvalue weighted by Gasteiger charge is -2.34. The molecule has 0 saturated carbocycles. The quantitative estimate of drug-likeness (QED) is 0.864. The summed E-state index contributed by atoms with van der Waals surface area (Å²) in [4.78, 5) is 26.9. The first-order chi connectivity index (χ1) is 9.47. The van der Waals surface area contributed by atoms with Crippen LogP contribution in [0, 0.1) is 6.92 Å². The highest BCUT2D eigenvalue weighted by Gasteiger charge is 2.22. The third-order valence-corrected chi connectivity index (χ3v) is 3.69. The Hall–Kier alpha value is -1.75. The van der Waals surface area contributed by atoms with E-state index in [1.807, 2.05) is 13.0 Å². The monoisotopic (exact) mass is 295 g/mol. The van der Waals surface area contributed by atoms with Crippen LogP contribution in [0.4, 0.5) is 10.5 Å². The summed E-state index contributed by atoms with van der Waals surface area (Å²) in [6.45, 7) is 5.72. The number of hydrogen-bond acceptors (Lipinski definition) is 2. The van der Waals surface area contributed by atoms with Crippen LogP contribution in [0.3, 0.4) is 0 Å². The number of amides is 3. The number of aryl methyl sites for hydroxylation is 1. The van der Waals surface area contributed by atoms with Gasteiger partial charge in [0.1, 0.15) is 0 Å². The Morgan fingerprint density at radius 2 is 1.75 bits per heavy atom. The molecule has 2 rings (SSSR count). The molecule has 20 heavy (non-hydrogen) atoms. The first-order valence-electron chi connectivity index (χ1n) is 6.55. The molecule has 1 heterocycles. The van der Waals surface area contributed by atoms with E-state index in [0.29, 0.717) is 31.2 Å². The summed E-state index contributed by atoms with van der Waals surface area (Å²) in [6, 6.07) is 5.24. The predicted octanol–water partition coefficient (Wildman–Crippen LogP) is 2.34. The Morgan fingerprint density at radius 1 is 1.15 bits per heavy atom. The second-order valence-electron chi connectivity index (χ2n) is 4.88. The van der Waals surface area contributed by atoms with E-state index >= 15 is 0 Å². The van der Waals surface area contributed by atoms with Crippen LogP contribution >= 0.6 is 11.6 Å². The molecule has 0 unspecified atom stereocenters. The number of nitrogens with zero attached hydrogens (tertiary/aromatic N) is 2. The molecule has 0 radical (unpaired) electrons. The number of piperazine rings is 1. The van der Waals surface area contributed by atoms with Crippen molar-refractivity contribution < 1.29 is 9.59 Å². The van der Waals surface area contributed by atoms with Crippen molar-refractivity contribution in [2.75, 3.05) is 31.5 Å². The molecule has 1 aromatic rings. The van der Waals surface area contributed by atoms with E-state index in [1.54, 1.807) is 28.9 Å². The van der Waals surface area contributed by atoms with Crippen LogP contribution in [0.25, 0.3) is 0 Å². The summed E-state index contributed by atoms with van der Waals surface area (Å²) in [5.41, 5.74) is 1.68. The van der Waals surface area contributed by atoms with Crippen LogP contribution in [0.15, 0.2) is 18.2 Å². The molecular weight excluding hydrogens is 278 g/mol. The summed E-state index contributed by atoms with van der Waals surface area (Å²) in [5, 5.41) is 3.45. The number of hydrogen-bond donors (Lipinski definition) is 1. The second kappa shape index (κ2) is 6.13. The van der Waals surface area contributed by atoms with Gasteiger partial charge in [-0.15, -0.1) is 0 Å². The molecule has 1 N–H and O–H groups in total. The minimum atomic E-state index is -0.154. The van der Waals surface area contributed by atoms with Gasteiger partial charge in [-0.05, 0) is 24.6 Å². The maximum absolute atomic E-state index is 12.2. The summed E-state index contributed by atoms with van der Waals surface area (Å²) in [5.74, 6) is 0.0516. The fourth-order valence-electron chi connectivity index (χ4n) is 2.15. The maximum Gasteiger partial charge on any atom is 0.321 e. The first kappa shape index (κ1) is 14.7. The number of halogens is 1. The van der Waals surface area contributed by atoms with Crippen molar-refractivity contribution in [3.8, 4) is 0 Å². The summed E-state index contributed by atoms with van der Waals surface area (Å²) < 4.78 is 0. The van der Waals surface area contributed by atoms with Gasteiger partial charge in [-0.25, -0.2) is 4.79 Å². The number of urea groups is 1. The molecular formula is C14H18ClN3O2. The van der Waals surface area contributed by atoms with Crippen LogP contribution in [0.1, 0.15) is 12.5 Å². The van der Waals surface area contributed by atoms with E-state index in [1.165, 1.54) is 0 Å². The number of rotatable bonds is 1. The van der Waals surface area contributed by atoms with Crippen LogP contribution in [0.5, 0.6) is 0 Å². The predicted molar refractivity (Wildman–Crippen MR) is 79.0 cm³/mol. The number of nitrogens with one attached hydrogen (secondary N) is 1. The Bertz CT molecular complexity index is 525. The third kappa shape index (κ3) is 3.42. The molecule has 1 saturated heterocycles. The van der Waals surface area contributed by atoms with Crippen molar-refractivity contribution in [2.24, 2.45) is 0 Å². The molecule has 108 valence electrons. The van der Waals surface area contributed by atoms with Crippen molar-refractivity contribution in [1.82, 2.24) is 9.80 Å². The number of anilines is 1. The molecule has 0 aromatic heterocycles. The fourth-order valence-corrected chi connectivity index (χ4v) is 2.32. The highest BCUT2D eigenvalue weighted by molar-refractivity contribution is 6.31. The molecule has 0 atom stereocenters. The smallest absolute Gasteiger partial charge is 0.321 e. The van der Waals surface area contributed by atoms with Crippen LogP contribution in [-0.4, -0.2) is 47.9 Å². The lowest BCUT2D eigenvalue weighted by molar-refractivity contribution is -0.130. The van der Waals surface area contributed by atoms with Gasteiger partial charge >= 0.3 is 6.03 Å². The van der Waals surface area contributed by atoms with Gasteiger partial charge in [0.15, 0.2) is 0 Å². The molecule has 0 spiro atoms.